The fourth-order valence-electron chi connectivity index (χ4n) is 1.89. The van der Waals surface area contributed by atoms with Crippen molar-refractivity contribution in [2.45, 2.75) is 6.92 Å². The van der Waals surface area contributed by atoms with Gasteiger partial charge in [0, 0.05) is 22.7 Å². The van der Waals surface area contributed by atoms with Gasteiger partial charge in [-0.05, 0) is 29.8 Å². The summed E-state index contributed by atoms with van der Waals surface area (Å²) in [6.07, 6.45) is 1.59. The summed E-state index contributed by atoms with van der Waals surface area (Å²) in [6, 6.07) is 13.9. The fraction of sp³-hybridized carbons (Fsp3) is 0.0588. The molecule has 23 heavy (non-hydrogen) atoms. The lowest BCUT2D eigenvalue weighted by atomic mass is 10.2. The van der Waals surface area contributed by atoms with Crippen LogP contribution in [0.25, 0.3) is 6.08 Å². The molecule has 118 valence electrons. The molecule has 2 N–H and O–H groups in total. The van der Waals surface area contributed by atoms with Gasteiger partial charge in [0.25, 0.3) is 5.91 Å². The van der Waals surface area contributed by atoms with Crippen LogP contribution in [0.3, 0.4) is 0 Å². The first-order valence-corrected chi connectivity index (χ1v) is 7.51. The number of carbonyl (C=O) groups is 2. The third-order valence-electron chi connectivity index (χ3n) is 2.79. The summed E-state index contributed by atoms with van der Waals surface area (Å²) in [4.78, 5) is 23.7. The van der Waals surface area contributed by atoms with E-state index in [9.17, 15) is 9.59 Å². The number of hydrogen-bond acceptors (Lipinski definition) is 2. The highest BCUT2D eigenvalue weighted by Gasteiger charge is 2.12. The number of hydrogen-bond donors (Lipinski definition) is 2. The van der Waals surface area contributed by atoms with Gasteiger partial charge in [0.2, 0.25) is 5.91 Å². The molecule has 0 aliphatic rings. The van der Waals surface area contributed by atoms with Crippen LogP contribution in [-0.4, -0.2) is 11.8 Å². The molecule has 2 aromatic carbocycles. The van der Waals surface area contributed by atoms with Crippen molar-refractivity contribution in [2.75, 3.05) is 5.32 Å². The lowest BCUT2D eigenvalue weighted by molar-refractivity contribution is -0.120. The molecule has 0 unspecified atom stereocenters. The van der Waals surface area contributed by atoms with Crippen molar-refractivity contribution < 1.29 is 9.59 Å². The molecule has 0 aliphatic carbocycles. The van der Waals surface area contributed by atoms with Crippen LogP contribution in [0, 0.1) is 0 Å². The first kappa shape index (κ1) is 17.1. The zero-order valence-corrected chi connectivity index (χ0v) is 13.8. The van der Waals surface area contributed by atoms with Crippen LogP contribution < -0.4 is 10.6 Å². The maximum atomic E-state index is 12.4. The Kier molecular flexibility index (Phi) is 5.79. The predicted octanol–water partition coefficient (Wildman–Crippen LogP) is 4.11. The number of halogens is 2. The minimum absolute atomic E-state index is 0.125. The summed E-state index contributed by atoms with van der Waals surface area (Å²) in [6.45, 7) is 1.34. The average Bonchev–Trinajstić information content (AvgIpc) is 2.46. The predicted molar refractivity (Wildman–Crippen MR) is 93.3 cm³/mol. The van der Waals surface area contributed by atoms with E-state index in [1.807, 2.05) is 30.3 Å². The maximum Gasteiger partial charge on any atom is 0.272 e. The largest absolute Gasteiger partial charge is 0.322 e. The monoisotopic (exact) mass is 348 g/mol. The van der Waals surface area contributed by atoms with Crippen LogP contribution in [0.15, 0.2) is 54.2 Å². The number of rotatable bonds is 4. The van der Waals surface area contributed by atoms with Gasteiger partial charge < -0.3 is 10.6 Å². The summed E-state index contributed by atoms with van der Waals surface area (Å²) in [5.41, 5.74) is 1.35. The minimum atomic E-state index is -0.470. The molecule has 0 saturated heterocycles. The first-order chi connectivity index (χ1) is 10.9. The molecule has 0 saturated carbocycles. The van der Waals surface area contributed by atoms with Crippen LogP contribution >= 0.6 is 23.2 Å². The second-order valence-electron chi connectivity index (χ2n) is 4.76. The molecule has 4 nitrogen and oxygen atoms in total. The van der Waals surface area contributed by atoms with E-state index in [1.54, 1.807) is 24.3 Å². The van der Waals surface area contributed by atoms with Gasteiger partial charge in [-0.2, -0.15) is 0 Å². The summed E-state index contributed by atoms with van der Waals surface area (Å²) >= 11 is 11.8. The molecular formula is C17H14Cl2N2O2. The Bertz CT molecular complexity index is 738. The molecule has 0 heterocycles. The van der Waals surface area contributed by atoms with Gasteiger partial charge in [-0.25, -0.2) is 0 Å². The van der Waals surface area contributed by atoms with Crippen LogP contribution in [0.5, 0.6) is 0 Å². The molecule has 0 fully saturated rings. The van der Waals surface area contributed by atoms with Crippen LogP contribution in [0.2, 0.25) is 10.0 Å². The Morgan fingerprint density at radius 1 is 1.00 bits per heavy atom. The molecule has 0 bridgehead atoms. The molecule has 0 atom stereocenters. The van der Waals surface area contributed by atoms with Crippen LogP contribution in [-0.2, 0) is 9.59 Å². The zero-order chi connectivity index (χ0) is 16.8. The Hall–Kier alpha value is -2.30. The minimum Gasteiger partial charge on any atom is -0.322 e. The smallest absolute Gasteiger partial charge is 0.272 e. The Morgan fingerprint density at radius 3 is 2.17 bits per heavy atom. The van der Waals surface area contributed by atoms with Gasteiger partial charge in [0.05, 0.1) is 0 Å². The second kappa shape index (κ2) is 7.81. The Morgan fingerprint density at radius 2 is 1.61 bits per heavy atom. The second-order valence-corrected chi connectivity index (χ2v) is 5.64. The molecule has 0 spiro atoms. The highest BCUT2D eigenvalue weighted by Crippen LogP contribution is 2.22. The van der Waals surface area contributed by atoms with E-state index in [4.69, 9.17) is 23.2 Å². The van der Waals surface area contributed by atoms with Gasteiger partial charge in [-0.3, -0.25) is 9.59 Å². The highest BCUT2D eigenvalue weighted by molar-refractivity contribution is 6.35. The van der Waals surface area contributed by atoms with E-state index in [1.165, 1.54) is 6.92 Å². The summed E-state index contributed by atoms with van der Waals surface area (Å²) in [5.74, 6) is -0.811. The van der Waals surface area contributed by atoms with Crippen LogP contribution in [0.4, 0.5) is 5.69 Å². The summed E-state index contributed by atoms with van der Waals surface area (Å²) < 4.78 is 0. The number of anilines is 1. The third-order valence-corrected chi connectivity index (χ3v) is 3.22. The molecule has 2 rings (SSSR count). The topological polar surface area (TPSA) is 58.2 Å². The summed E-state index contributed by atoms with van der Waals surface area (Å²) in [5, 5.41) is 5.99. The molecule has 0 aliphatic heterocycles. The molecule has 2 amide bonds. The fourth-order valence-corrected chi connectivity index (χ4v) is 2.41. The normalized spacial score (nSPS) is 11.0. The van der Waals surface area contributed by atoms with Crippen molar-refractivity contribution in [3.63, 3.8) is 0 Å². The number of amides is 2. The highest BCUT2D eigenvalue weighted by atomic mass is 35.5. The van der Waals surface area contributed by atoms with E-state index in [0.29, 0.717) is 15.7 Å². The number of carbonyl (C=O) groups excluding carboxylic acids is 2. The van der Waals surface area contributed by atoms with Gasteiger partial charge in [0.15, 0.2) is 0 Å². The zero-order valence-electron chi connectivity index (χ0n) is 12.3. The molecule has 0 aromatic heterocycles. The average molecular weight is 349 g/mol. The van der Waals surface area contributed by atoms with E-state index in [2.05, 4.69) is 10.6 Å². The van der Waals surface area contributed by atoms with Crippen molar-refractivity contribution in [3.05, 3.63) is 69.8 Å². The van der Waals surface area contributed by atoms with E-state index in [-0.39, 0.29) is 11.6 Å². The van der Waals surface area contributed by atoms with Crippen molar-refractivity contribution in [3.8, 4) is 0 Å². The number of nitrogens with one attached hydrogen (secondary N) is 2. The van der Waals surface area contributed by atoms with E-state index in [0.717, 1.165) is 5.56 Å². The van der Waals surface area contributed by atoms with Gasteiger partial charge in [-0.15, -0.1) is 0 Å². The first-order valence-electron chi connectivity index (χ1n) is 6.76. The Balaban J connectivity index is 2.26. The van der Waals surface area contributed by atoms with Crippen molar-refractivity contribution >= 4 is 46.8 Å². The lowest BCUT2D eigenvalue weighted by Gasteiger charge is -2.10. The molecule has 6 heteroatoms. The molecular weight excluding hydrogens is 335 g/mol. The van der Waals surface area contributed by atoms with Gasteiger partial charge in [0.1, 0.15) is 5.70 Å². The van der Waals surface area contributed by atoms with Crippen molar-refractivity contribution in [2.24, 2.45) is 0 Å². The number of benzene rings is 2. The summed E-state index contributed by atoms with van der Waals surface area (Å²) in [7, 11) is 0. The quantitative estimate of drug-likeness (QED) is 0.816. The molecule has 0 radical (unpaired) electrons. The van der Waals surface area contributed by atoms with E-state index < -0.39 is 5.91 Å². The van der Waals surface area contributed by atoms with Gasteiger partial charge >= 0.3 is 0 Å². The third kappa shape index (κ3) is 5.43. The lowest BCUT2D eigenvalue weighted by Crippen LogP contribution is -2.28. The van der Waals surface area contributed by atoms with Gasteiger partial charge in [-0.1, -0.05) is 53.5 Å². The van der Waals surface area contributed by atoms with Crippen LogP contribution in [0.1, 0.15) is 12.5 Å². The van der Waals surface area contributed by atoms with E-state index >= 15 is 0 Å². The maximum absolute atomic E-state index is 12.4. The Labute approximate surface area is 144 Å². The standard InChI is InChI=1S/C17H14Cl2N2O2/c1-11(22)20-16(7-12-5-3-2-4-6-12)17(23)21-15-9-13(18)8-14(19)10-15/h2-10H,1H3,(H,20,22)(H,21,23)/b16-7+. The SMILES string of the molecule is CC(=O)N/C(=C/c1ccccc1)C(=O)Nc1cc(Cl)cc(Cl)c1. The van der Waals surface area contributed by atoms with Crippen molar-refractivity contribution in [1.82, 2.24) is 5.32 Å². The van der Waals surface area contributed by atoms with Crippen molar-refractivity contribution in [1.29, 1.82) is 0 Å². The molecule has 2 aromatic rings.